The van der Waals surface area contributed by atoms with Crippen molar-refractivity contribution >= 4 is 23.8 Å². The van der Waals surface area contributed by atoms with Gasteiger partial charge in [0.1, 0.15) is 0 Å². The maximum atomic E-state index is 9.00. The van der Waals surface area contributed by atoms with Crippen LogP contribution in [0.4, 0.5) is 0 Å². The Morgan fingerprint density at radius 1 is 1.31 bits per heavy atom. The summed E-state index contributed by atoms with van der Waals surface area (Å²) in [6.07, 6.45) is 1.38. The second kappa shape index (κ2) is 3.57. The van der Waals surface area contributed by atoms with E-state index >= 15 is 0 Å². The Morgan fingerprint density at radius 3 is 2.56 bits per heavy atom. The van der Waals surface area contributed by atoms with E-state index in [-0.39, 0.29) is 5.41 Å². The van der Waals surface area contributed by atoms with E-state index in [0.29, 0.717) is 22.6 Å². The fraction of sp³-hybridized carbons (Fsp3) is 0.400. The van der Waals surface area contributed by atoms with Crippen LogP contribution in [0.5, 0.6) is 0 Å². The molecule has 0 aliphatic rings. The van der Waals surface area contributed by atoms with Gasteiger partial charge in [0.15, 0.2) is 11.2 Å². The predicted octanol–water partition coefficient (Wildman–Crippen LogP) is 0.200. The first-order chi connectivity index (χ1) is 7.38. The molecule has 0 fully saturated rings. The van der Waals surface area contributed by atoms with Crippen LogP contribution in [-0.4, -0.2) is 27.1 Å². The second-order valence-corrected chi connectivity index (χ2v) is 4.73. The molecule has 16 heavy (non-hydrogen) atoms. The van der Waals surface area contributed by atoms with Crippen molar-refractivity contribution < 1.29 is 14.5 Å². The van der Waals surface area contributed by atoms with Crippen LogP contribution in [0, 0.1) is 0 Å². The lowest BCUT2D eigenvalue weighted by atomic mass is 9.82. The van der Waals surface area contributed by atoms with Gasteiger partial charge in [0.2, 0.25) is 5.89 Å². The molecule has 0 unspecified atom stereocenters. The summed E-state index contributed by atoms with van der Waals surface area (Å²) in [5.41, 5.74) is 1.05. The first-order valence-corrected chi connectivity index (χ1v) is 5.01. The lowest BCUT2D eigenvalue weighted by Gasteiger charge is -2.11. The average Bonchev–Trinajstić information content (AvgIpc) is 2.58. The van der Waals surface area contributed by atoms with Crippen LogP contribution in [0.1, 0.15) is 26.7 Å². The lowest BCUT2D eigenvalue weighted by molar-refractivity contribution is 0.410. The molecule has 2 heterocycles. The molecule has 0 atom stereocenters. The highest BCUT2D eigenvalue weighted by Gasteiger charge is 2.22. The molecule has 2 aromatic heterocycles. The molecule has 2 rings (SSSR count). The number of oxazole rings is 1. The van der Waals surface area contributed by atoms with Crippen LogP contribution >= 0.6 is 0 Å². The second-order valence-electron chi connectivity index (χ2n) is 4.73. The number of hydrogen-bond acceptors (Lipinski definition) is 5. The van der Waals surface area contributed by atoms with E-state index in [1.54, 1.807) is 0 Å². The average molecular weight is 220 g/mol. The summed E-state index contributed by atoms with van der Waals surface area (Å²) in [4.78, 5) is 8.26. The summed E-state index contributed by atoms with van der Waals surface area (Å²) in [7, 11) is -1.54. The molecule has 0 spiro atoms. The maximum Gasteiger partial charge on any atom is 0.490 e. The fourth-order valence-electron chi connectivity index (χ4n) is 1.30. The topological polar surface area (TPSA) is 79.4 Å². The summed E-state index contributed by atoms with van der Waals surface area (Å²) in [6.45, 7) is 5.96. The van der Waals surface area contributed by atoms with Crippen LogP contribution in [0.2, 0.25) is 0 Å². The molecule has 0 saturated heterocycles. The lowest BCUT2D eigenvalue weighted by Crippen LogP contribution is -2.29. The number of aromatic nitrogens is 2. The van der Waals surface area contributed by atoms with E-state index in [2.05, 4.69) is 9.97 Å². The molecule has 0 aliphatic heterocycles. The first-order valence-electron chi connectivity index (χ1n) is 5.01. The van der Waals surface area contributed by atoms with Crippen molar-refractivity contribution in [2.24, 2.45) is 0 Å². The SMILES string of the molecule is CC(C)(C)c1nc2ncc(B(O)O)cc2o1. The van der Waals surface area contributed by atoms with Gasteiger partial charge < -0.3 is 14.5 Å². The van der Waals surface area contributed by atoms with E-state index < -0.39 is 7.12 Å². The standard InChI is InChI=1S/C10H13BN2O3/c1-10(2,3)9-13-8-7(16-9)4-6(5-12-8)11(14)15/h4-5,14-15H,1-3H3. The van der Waals surface area contributed by atoms with Crippen LogP contribution in [0.25, 0.3) is 11.2 Å². The summed E-state index contributed by atoms with van der Waals surface area (Å²) in [5, 5.41) is 18.0. The molecular weight excluding hydrogens is 207 g/mol. The number of fused-ring (bicyclic) bond motifs is 1. The predicted molar refractivity (Wildman–Crippen MR) is 60.3 cm³/mol. The zero-order valence-electron chi connectivity index (χ0n) is 9.43. The highest BCUT2D eigenvalue weighted by atomic mass is 16.4. The summed E-state index contributed by atoms with van der Waals surface area (Å²) >= 11 is 0. The monoisotopic (exact) mass is 220 g/mol. The van der Waals surface area contributed by atoms with Crippen molar-refractivity contribution in [1.82, 2.24) is 9.97 Å². The summed E-state index contributed by atoms with van der Waals surface area (Å²) in [5.74, 6) is 0.583. The van der Waals surface area contributed by atoms with Gasteiger partial charge in [-0.1, -0.05) is 20.8 Å². The van der Waals surface area contributed by atoms with Crippen LogP contribution in [0.15, 0.2) is 16.7 Å². The molecule has 2 aromatic rings. The van der Waals surface area contributed by atoms with Crippen LogP contribution in [0.3, 0.4) is 0 Å². The Bertz CT molecular complexity index is 516. The normalized spacial score (nSPS) is 12.1. The first kappa shape index (κ1) is 11.1. The summed E-state index contributed by atoms with van der Waals surface area (Å²) < 4.78 is 5.53. The van der Waals surface area contributed by atoms with Gasteiger partial charge in [-0.15, -0.1) is 0 Å². The zero-order valence-corrected chi connectivity index (χ0v) is 9.43. The molecule has 0 aromatic carbocycles. The molecule has 0 radical (unpaired) electrons. The Balaban J connectivity index is 2.54. The smallest absolute Gasteiger partial charge is 0.438 e. The van der Waals surface area contributed by atoms with Crippen molar-refractivity contribution in [3.63, 3.8) is 0 Å². The molecule has 5 nitrogen and oxygen atoms in total. The largest absolute Gasteiger partial charge is 0.490 e. The zero-order chi connectivity index (χ0) is 11.9. The van der Waals surface area contributed by atoms with Crippen LogP contribution in [-0.2, 0) is 5.41 Å². The molecular formula is C10H13BN2O3. The molecule has 2 N–H and O–H groups in total. The maximum absolute atomic E-state index is 9.00. The van der Waals surface area contributed by atoms with E-state index in [0.717, 1.165) is 0 Å². The van der Waals surface area contributed by atoms with E-state index in [9.17, 15) is 0 Å². The fourth-order valence-corrected chi connectivity index (χ4v) is 1.30. The minimum Gasteiger partial charge on any atom is -0.438 e. The van der Waals surface area contributed by atoms with Gasteiger partial charge in [-0.3, -0.25) is 0 Å². The van der Waals surface area contributed by atoms with Crippen molar-refractivity contribution in [3.8, 4) is 0 Å². The molecule has 6 heteroatoms. The number of hydrogen-bond donors (Lipinski definition) is 2. The van der Waals surface area contributed by atoms with Gasteiger partial charge in [0, 0.05) is 17.1 Å². The van der Waals surface area contributed by atoms with Gasteiger partial charge in [0.05, 0.1) is 0 Å². The third-order valence-electron chi connectivity index (χ3n) is 2.21. The van der Waals surface area contributed by atoms with Gasteiger partial charge in [0.25, 0.3) is 0 Å². The minimum absolute atomic E-state index is 0.196. The van der Waals surface area contributed by atoms with Crippen molar-refractivity contribution in [1.29, 1.82) is 0 Å². The third-order valence-corrected chi connectivity index (χ3v) is 2.21. The minimum atomic E-state index is -1.54. The molecule has 0 bridgehead atoms. The number of pyridine rings is 1. The van der Waals surface area contributed by atoms with Crippen LogP contribution < -0.4 is 5.46 Å². The molecule has 0 amide bonds. The molecule has 0 saturated carbocycles. The van der Waals surface area contributed by atoms with Gasteiger partial charge >= 0.3 is 7.12 Å². The van der Waals surface area contributed by atoms with Crippen molar-refractivity contribution in [3.05, 3.63) is 18.2 Å². The van der Waals surface area contributed by atoms with E-state index in [4.69, 9.17) is 14.5 Å². The quantitative estimate of drug-likeness (QED) is 0.671. The highest BCUT2D eigenvalue weighted by molar-refractivity contribution is 6.58. The number of nitrogens with zero attached hydrogens (tertiary/aromatic N) is 2. The van der Waals surface area contributed by atoms with Gasteiger partial charge in [-0.25, -0.2) is 4.98 Å². The molecule has 0 aliphatic carbocycles. The highest BCUT2D eigenvalue weighted by Crippen LogP contribution is 2.24. The van der Waals surface area contributed by atoms with Crippen molar-refractivity contribution in [2.75, 3.05) is 0 Å². The third kappa shape index (κ3) is 1.94. The number of rotatable bonds is 1. The van der Waals surface area contributed by atoms with Gasteiger partial charge in [-0.2, -0.15) is 4.98 Å². The summed E-state index contributed by atoms with van der Waals surface area (Å²) in [6, 6.07) is 1.54. The Kier molecular flexibility index (Phi) is 2.48. The van der Waals surface area contributed by atoms with Gasteiger partial charge in [-0.05, 0) is 6.07 Å². The van der Waals surface area contributed by atoms with E-state index in [1.165, 1.54) is 12.3 Å². The van der Waals surface area contributed by atoms with Crippen molar-refractivity contribution in [2.45, 2.75) is 26.2 Å². The molecule has 84 valence electrons. The Labute approximate surface area is 93.3 Å². The Morgan fingerprint density at radius 2 is 2.00 bits per heavy atom. The van der Waals surface area contributed by atoms with E-state index in [1.807, 2.05) is 20.8 Å². The Hall–Kier alpha value is -1.40.